The summed E-state index contributed by atoms with van der Waals surface area (Å²) < 4.78 is 16.5. The molecule has 2 heterocycles. The van der Waals surface area contributed by atoms with Crippen LogP contribution in [0.2, 0.25) is 0 Å². The summed E-state index contributed by atoms with van der Waals surface area (Å²) >= 11 is 0. The first-order valence-electron chi connectivity index (χ1n) is 11.9. The minimum absolute atomic E-state index is 0.292. The first kappa shape index (κ1) is 23.8. The third kappa shape index (κ3) is 7.98. The van der Waals surface area contributed by atoms with Crippen molar-refractivity contribution in [3.05, 3.63) is 29.8 Å². The lowest BCUT2D eigenvalue weighted by Crippen LogP contribution is -2.39. The third-order valence-corrected chi connectivity index (χ3v) is 5.98. The highest BCUT2D eigenvalue weighted by atomic mass is 16.5. The first-order chi connectivity index (χ1) is 15.3. The van der Waals surface area contributed by atoms with E-state index in [4.69, 9.17) is 19.2 Å². The highest BCUT2D eigenvalue weighted by Gasteiger charge is 2.23. The van der Waals surface area contributed by atoms with Crippen molar-refractivity contribution in [1.82, 2.24) is 15.5 Å². The maximum absolute atomic E-state index is 5.80. The largest absolute Gasteiger partial charge is 0.497 e. The number of hydrogen-bond donors (Lipinski definition) is 2. The molecule has 0 amide bonds. The number of nitrogens with one attached hydrogen (secondary N) is 2. The van der Waals surface area contributed by atoms with Gasteiger partial charge in [-0.2, -0.15) is 0 Å². The van der Waals surface area contributed by atoms with Crippen molar-refractivity contribution in [2.75, 3.05) is 66.3 Å². The second-order valence-corrected chi connectivity index (χ2v) is 8.34. The second kappa shape index (κ2) is 13.6. The maximum Gasteiger partial charge on any atom is 0.191 e. The highest BCUT2D eigenvalue weighted by molar-refractivity contribution is 5.79. The zero-order valence-corrected chi connectivity index (χ0v) is 19.3. The van der Waals surface area contributed by atoms with E-state index in [2.05, 4.69) is 34.6 Å². The normalized spacial score (nSPS) is 20.7. The van der Waals surface area contributed by atoms with Gasteiger partial charge >= 0.3 is 0 Å². The molecule has 0 bridgehead atoms. The number of guanidine groups is 1. The lowest BCUT2D eigenvalue weighted by Gasteiger charge is -2.27. The number of hydrogen-bond acceptors (Lipinski definition) is 5. The topological polar surface area (TPSA) is 67.4 Å². The van der Waals surface area contributed by atoms with Gasteiger partial charge < -0.3 is 24.8 Å². The standard InChI is InChI=1S/C24H40N4O3/c1-3-25-24(26-12-6-15-30-18-20-11-16-31-19-20)27-17-23(28-13-4-5-14-28)21-7-9-22(29-2)10-8-21/h7-10,20,23H,3-6,11-19H2,1-2H3,(H2,25,26,27). The van der Waals surface area contributed by atoms with Crippen LogP contribution in [0.15, 0.2) is 29.3 Å². The molecule has 0 aliphatic carbocycles. The van der Waals surface area contributed by atoms with E-state index in [-0.39, 0.29) is 0 Å². The van der Waals surface area contributed by atoms with E-state index in [1.807, 2.05) is 12.1 Å². The van der Waals surface area contributed by atoms with Crippen molar-refractivity contribution in [2.24, 2.45) is 10.9 Å². The first-order valence-corrected chi connectivity index (χ1v) is 11.9. The molecule has 0 aromatic heterocycles. The Kier molecular flexibility index (Phi) is 10.4. The van der Waals surface area contributed by atoms with E-state index in [1.165, 1.54) is 18.4 Å². The smallest absolute Gasteiger partial charge is 0.191 e. The summed E-state index contributed by atoms with van der Waals surface area (Å²) in [6.45, 7) is 10.1. The molecule has 2 unspecified atom stereocenters. The van der Waals surface area contributed by atoms with Crippen LogP contribution in [0.5, 0.6) is 5.75 Å². The maximum atomic E-state index is 5.80. The lowest BCUT2D eigenvalue weighted by molar-refractivity contribution is 0.0888. The number of ether oxygens (including phenoxy) is 3. The number of methoxy groups -OCH3 is 1. The predicted molar refractivity (Wildman–Crippen MR) is 125 cm³/mol. The molecule has 2 N–H and O–H groups in total. The summed E-state index contributed by atoms with van der Waals surface area (Å²) in [6.07, 6.45) is 4.62. The van der Waals surface area contributed by atoms with Crippen LogP contribution in [0.1, 0.15) is 44.2 Å². The minimum atomic E-state index is 0.292. The molecule has 0 spiro atoms. The molecule has 31 heavy (non-hydrogen) atoms. The van der Waals surface area contributed by atoms with E-state index in [1.54, 1.807) is 7.11 Å². The average molecular weight is 433 g/mol. The fourth-order valence-corrected chi connectivity index (χ4v) is 4.18. The predicted octanol–water partition coefficient (Wildman–Crippen LogP) is 2.83. The van der Waals surface area contributed by atoms with Gasteiger partial charge in [0, 0.05) is 32.2 Å². The SMILES string of the molecule is CCNC(=NCC(c1ccc(OC)cc1)N1CCCC1)NCCCOCC1CCOC1. The quantitative estimate of drug-likeness (QED) is 0.301. The van der Waals surface area contributed by atoms with Gasteiger partial charge in [-0.05, 0) is 63.4 Å². The third-order valence-electron chi connectivity index (χ3n) is 5.98. The van der Waals surface area contributed by atoms with E-state index in [0.717, 1.165) is 83.7 Å². The van der Waals surface area contributed by atoms with Gasteiger partial charge in [-0.1, -0.05) is 12.1 Å². The van der Waals surface area contributed by atoms with Gasteiger partial charge in [-0.25, -0.2) is 0 Å². The number of likely N-dealkylation sites (tertiary alicyclic amines) is 1. The van der Waals surface area contributed by atoms with Crippen LogP contribution in [0.25, 0.3) is 0 Å². The molecular weight excluding hydrogens is 392 g/mol. The molecule has 1 aromatic carbocycles. The summed E-state index contributed by atoms with van der Waals surface area (Å²) in [5.74, 6) is 2.35. The second-order valence-electron chi connectivity index (χ2n) is 8.34. The van der Waals surface area contributed by atoms with Crippen LogP contribution in [-0.2, 0) is 9.47 Å². The monoisotopic (exact) mass is 432 g/mol. The molecule has 7 nitrogen and oxygen atoms in total. The van der Waals surface area contributed by atoms with Crippen molar-refractivity contribution in [2.45, 2.75) is 38.6 Å². The number of benzene rings is 1. The fourth-order valence-electron chi connectivity index (χ4n) is 4.18. The molecular formula is C24H40N4O3. The van der Waals surface area contributed by atoms with Crippen LogP contribution < -0.4 is 15.4 Å². The molecule has 1 aromatic rings. The van der Waals surface area contributed by atoms with Crippen LogP contribution in [0.3, 0.4) is 0 Å². The fraction of sp³-hybridized carbons (Fsp3) is 0.708. The van der Waals surface area contributed by atoms with E-state index < -0.39 is 0 Å². The molecule has 7 heteroatoms. The molecule has 2 aliphatic rings. The Balaban J connectivity index is 1.48. The Morgan fingerprint density at radius 1 is 1.23 bits per heavy atom. The van der Waals surface area contributed by atoms with Crippen LogP contribution >= 0.6 is 0 Å². The molecule has 174 valence electrons. The number of rotatable bonds is 12. The van der Waals surface area contributed by atoms with Crippen molar-refractivity contribution in [3.63, 3.8) is 0 Å². The molecule has 0 saturated carbocycles. The molecule has 3 rings (SSSR count). The summed E-state index contributed by atoms with van der Waals surface area (Å²) in [5, 5.41) is 6.84. The Hall–Kier alpha value is -1.83. The van der Waals surface area contributed by atoms with Crippen molar-refractivity contribution in [1.29, 1.82) is 0 Å². The zero-order valence-electron chi connectivity index (χ0n) is 19.3. The van der Waals surface area contributed by atoms with Gasteiger partial charge in [0.2, 0.25) is 0 Å². The van der Waals surface area contributed by atoms with Crippen LogP contribution in [-0.4, -0.2) is 77.1 Å². The highest BCUT2D eigenvalue weighted by Crippen LogP contribution is 2.27. The zero-order chi connectivity index (χ0) is 21.7. The lowest BCUT2D eigenvalue weighted by atomic mass is 10.1. The van der Waals surface area contributed by atoms with Gasteiger partial charge in [0.05, 0.1) is 32.9 Å². The van der Waals surface area contributed by atoms with Crippen molar-refractivity contribution in [3.8, 4) is 5.75 Å². The number of nitrogens with zero attached hydrogens (tertiary/aromatic N) is 2. The van der Waals surface area contributed by atoms with E-state index >= 15 is 0 Å². The summed E-state index contributed by atoms with van der Waals surface area (Å²) in [7, 11) is 1.71. The molecule has 2 atom stereocenters. The van der Waals surface area contributed by atoms with Gasteiger partial charge in [0.1, 0.15) is 5.75 Å². The Morgan fingerprint density at radius 2 is 2.03 bits per heavy atom. The van der Waals surface area contributed by atoms with Crippen molar-refractivity contribution >= 4 is 5.96 Å². The van der Waals surface area contributed by atoms with Crippen LogP contribution in [0, 0.1) is 5.92 Å². The van der Waals surface area contributed by atoms with Crippen LogP contribution in [0.4, 0.5) is 0 Å². The Morgan fingerprint density at radius 3 is 2.71 bits per heavy atom. The average Bonchev–Trinajstić information content (AvgIpc) is 3.51. The Labute approximate surface area is 187 Å². The molecule has 2 saturated heterocycles. The summed E-state index contributed by atoms with van der Waals surface area (Å²) in [4.78, 5) is 7.47. The molecule has 2 aliphatic heterocycles. The summed E-state index contributed by atoms with van der Waals surface area (Å²) in [5.41, 5.74) is 1.30. The molecule has 2 fully saturated rings. The van der Waals surface area contributed by atoms with Gasteiger partial charge in [-0.15, -0.1) is 0 Å². The molecule has 0 radical (unpaired) electrons. The van der Waals surface area contributed by atoms with Gasteiger partial charge in [-0.3, -0.25) is 9.89 Å². The van der Waals surface area contributed by atoms with Gasteiger partial charge in [0.15, 0.2) is 5.96 Å². The summed E-state index contributed by atoms with van der Waals surface area (Å²) in [6, 6.07) is 8.72. The van der Waals surface area contributed by atoms with Gasteiger partial charge in [0.25, 0.3) is 0 Å². The Bertz CT molecular complexity index is 641. The number of aliphatic imine (C=N–C) groups is 1. The van der Waals surface area contributed by atoms with E-state index in [0.29, 0.717) is 12.0 Å². The van der Waals surface area contributed by atoms with Crippen molar-refractivity contribution < 1.29 is 14.2 Å². The van der Waals surface area contributed by atoms with E-state index in [9.17, 15) is 0 Å². The minimum Gasteiger partial charge on any atom is -0.497 e.